The number of ether oxygens (including phenoxy) is 2. The molecule has 0 saturated heterocycles. The fourth-order valence-corrected chi connectivity index (χ4v) is 4.07. The molecule has 0 radical (unpaired) electrons. The van der Waals surface area contributed by atoms with E-state index in [4.69, 9.17) is 21.1 Å². The van der Waals surface area contributed by atoms with E-state index in [0.29, 0.717) is 23.8 Å². The maximum absolute atomic E-state index is 13.1. The summed E-state index contributed by atoms with van der Waals surface area (Å²) in [4.78, 5) is 0.0713. The van der Waals surface area contributed by atoms with Crippen LogP contribution in [0.1, 0.15) is 6.92 Å². The Labute approximate surface area is 153 Å². The van der Waals surface area contributed by atoms with E-state index in [-0.39, 0.29) is 16.5 Å². The topological polar surface area (TPSA) is 55.8 Å². The van der Waals surface area contributed by atoms with E-state index in [1.54, 1.807) is 24.3 Å². The Morgan fingerprint density at radius 3 is 2.60 bits per heavy atom. The first-order chi connectivity index (χ1) is 11.9. The predicted molar refractivity (Wildman–Crippen MR) is 100 cm³/mol. The first kappa shape index (κ1) is 19.1. The van der Waals surface area contributed by atoms with Crippen molar-refractivity contribution in [1.29, 1.82) is 0 Å². The van der Waals surface area contributed by atoms with E-state index >= 15 is 0 Å². The Balaban J connectivity index is 2.49. The summed E-state index contributed by atoms with van der Waals surface area (Å²) in [5, 5.41) is 0.227. The highest BCUT2D eigenvalue weighted by Gasteiger charge is 2.25. The summed E-state index contributed by atoms with van der Waals surface area (Å²) in [6, 6.07) is 11.3. The number of methoxy groups -OCH3 is 1. The molecule has 0 atom stereocenters. The quantitative estimate of drug-likeness (QED) is 0.645. The molecule has 0 unspecified atom stereocenters. The van der Waals surface area contributed by atoms with E-state index in [0.717, 1.165) is 0 Å². The normalized spacial score (nSPS) is 11.0. The standard InChI is InChI=1S/C18H20ClNO4S/c1-4-11-20(14-7-6-8-15(12-14)24-5-2)25(21,22)16-9-10-18(23-3)17(19)13-16/h4,6-10,12-13H,1,5,11H2,2-3H3. The molecule has 0 aliphatic rings. The molecule has 7 heteroatoms. The highest BCUT2D eigenvalue weighted by atomic mass is 35.5. The van der Waals surface area contributed by atoms with Gasteiger partial charge in [0.1, 0.15) is 11.5 Å². The Kier molecular flexibility index (Phi) is 6.33. The third-order valence-electron chi connectivity index (χ3n) is 3.42. The minimum absolute atomic E-state index is 0.0713. The minimum atomic E-state index is -3.83. The number of hydrogen-bond acceptors (Lipinski definition) is 4. The molecule has 0 N–H and O–H groups in total. The summed E-state index contributed by atoms with van der Waals surface area (Å²) in [5.74, 6) is 1.01. The summed E-state index contributed by atoms with van der Waals surface area (Å²) in [5.41, 5.74) is 0.484. The van der Waals surface area contributed by atoms with Crippen LogP contribution < -0.4 is 13.8 Å². The molecule has 0 heterocycles. The number of nitrogens with zero attached hydrogens (tertiary/aromatic N) is 1. The van der Waals surface area contributed by atoms with Crippen molar-refractivity contribution in [3.8, 4) is 11.5 Å². The summed E-state index contributed by atoms with van der Waals surface area (Å²) < 4.78 is 37.9. The smallest absolute Gasteiger partial charge is 0.264 e. The van der Waals surface area contributed by atoms with Gasteiger partial charge in [-0.25, -0.2) is 8.42 Å². The van der Waals surface area contributed by atoms with Crippen molar-refractivity contribution >= 4 is 27.3 Å². The second kappa shape index (κ2) is 8.27. The lowest BCUT2D eigenvalue weighted by atomic mass is 10.3. The van der Waals surface area contributed by atoms with Gasteiger partial charge in [-0.15, -0.1) is 6.58 Å². The van der Waals surface area contributed by atoms with Gasteiger partial charge < -0.3 is 9.47 Å². The maximum Gasteiger partial charge on any atom is 0.264 e. The van der Waals surface area contributed by atoms with Crippen LogP contribution in [0.4, 0.5) is 5.69 Å². The van der Waals surface area contributed by atoms with E-state index in [2.05, 4.69) is 6.58 Å². The van der Waals surface area contributed by atoms with Gasteiger partial charge in [0.25, 0.3) is 10.0 Å². The van der Waals surface area contributed by atoms with Crippen molar-refractivity contribution in [2.45, 2.75) is 11.8 Å². The van der Waals surface area contributed by atoms with Gasteiger partial charge in [-0.2, -0.15) is 0 Å². The average Bonchev–Trinajstić information content (AvgIpc) is 2.60. The van der Waals surface area contributed by atoms with Gasteiger partial charge >= 0.3 is 0 Å². The maximum atomic E-state index is 13.1. The van der Waals surface area contributed by atoms with Crippen LogP contribution in [-0.4, -0.2) is 28.7 Å². The largest absolute Gasteiger partial charge is 0.495 e. The lowest BCUT2D eigenvalue weighted by molar-refractivity contribution is 0.340. The molecule has 0 saturated carbocycles. The lowest BCUT2D eigenvalue weighted by Crippen LogP contribution is -2.31. The molecule has 2 aromatic carbocycles. The first-order valence-corrected chi connectivity index (χ1v) is 9.46. The van der Waals surface area contributed by atoms with Crippen molar-refractivity contribution < 1.29 is 17.9 Å². The number of sulfonamides is 1. The third kappa shape index (κ3) is 4.27. The summed E-state index contributed by atoms with van der Waals surface area (Å²) in [6.45, 7) is 6.12. The summed E-state index contributed by atoms with van der Waals surface area (Å²) >= 11 is 6.08. The van der Waals surface area contributed by atoms with Crippen molar-refractivity contribution in [2.24, 2.45) is 0 Å². The second-order valence-electron chi connectivity index (χ2n) is 5.05. The van der Waals surface area contributed by atoms with Crippen LogP contribution in [0.25, 0.3) is 0 Å². The Morgan fingerprint density at radius 1 is 1.24 bits per heavy atom. The molecule has 0 amide bonds. The molecular formula is C18H20ClNO4S. The van der Waals surface area contributed by atoms with Crippen molar-refractivity contribution in [2.75, 3.05) is 24.6 Å². The zero-order chi connectivity index (χ0) is 18.4. The molecule has 0 aliphatic heterocycles. The van der Waals surface area contributed by atoms with E-state index in [9.17, 15) is 8.42 Å². The van der Waals surface area contributed by atoms with Crippen molar-refractivity contribution in [1.82, 2.24) is 0 Å². The van der Waals surface area contributed by atoms with E-state index in [1.807, 2.05) is 6.92 Å². The van der Waals surface area contributed by atoms with E-state index < -0.39 is 10.0 Å². The average molecular weight is 382 g/mol. The van der Waals surface area contributed by atoms with Gasteiger partial charge in [-0.3, -0.25) is 4.31 Å². The Morgan fingerprint density at radius 2 is 2.00 bits per heavy atom. The van der Waals surface area contributed by atoms with E-state index in [1.165, 1.54) is 35.7 Å². The number of anilines is 1. The molecule has 0 aliphatic carbocycles. The van der Waals surface area contributed by atoms with Crippen molar-refractivity contribution in [3.05, 3.63) is 60.1 Å². The minimum Gasteiger partial charge on any atom is -0.495 e. The van der Waals surface area contributed by atoms with Crippen LogP contribution in [0.5, 0.6) is 11.5 Å². The third-order valence-corrected chi connectivity index (χ3v) is 5.51. The van der Waals surface area contributed by atoms with Gasteiger partial charge in [-0.1, -0.05) is 23.7 Å². The summed E-state index contributed by atoms with van der Waals surface area (Å²) in [6.07, 6.45) is 1.52. The molecule has 134 valence electrons. The molecule has 2 aromatic rings. The number of hydrogen-bond donors (Lipinski definition) is 0. The fraction of sp³-hybridized carbons (Fsp3) is 0.222. The number of halogens is 1. The summed E-state index contributed by atoms with van der Waals surface area (Å²) in [7, 11) is -2.36. The zero-order valence-corrected chi connectivity index (χ0v) is 15.7. The van der Waals surface area contributed by atoms with Crippen LogP contribution in [-0.2, 0) is 10.0 Å². The fourth-order valence-electron chi connectivity index (χ4n) is 2.29. The molecular weight excluding hydrogens is 362 g/mol. The highest BCUT2D eigenvalue weighted by Crippen LogP contribution is 2.31. The van der Waals surface area contributed by atoms with Crippen LogP contribution in [0, 0.1) is 0 Å². The monoisotopic (exact) mass is 381 g/mol. The van der Waals surface area contributed by atoms with Gasteiger partial charge in [0.2, 0.25) is 0 Å². The van der Waals surface area contributed by atoms with Crippen LogP contribution >= 0.6 is 11.6 Å². The molecule has 0 spiro atoms. The highest BCUT2D eigenvalue weighted by molar-refractivity contribution is 7.92. The zero-order valence-electron chi connectivity index (χ0n) is 14.1. The van der Waals surface area contributed by atoms with Gasteiger partial charge in [0, 0.05) is 6.07 Å². The van der Waals surface area contributed by atoms with Crippen molar-refractivity contribution in [3.63, 3.8) is 0 Å². The molecule has 0 aromatic heterocycles. The van der Waals surface area contributed by atoms with Gasteiger partial charge in [0.05, 0.1) is 35.9 Å². The molecule has 2 rings (SSSR count). The molecule has 0 fully saturated rings. The Hall–Kier alpha value is -2.18. The lowest BCUT2D eigenvalue weighted by Gasteiger charge is -2.24. The first-order valence-electron chi connectivity index (χ1n) is 7.64. The molecule has 25 heavy (non-hydrogen) atoms. The molecule has 0 bridgehead atoms. The van der Waals surface area contributed by atoms with Gasteiger partial charge in [0.15, 0.2) is 0 Å². The van der Waals surface area contributed by atoms with Crippen LogP contribution in [0.15, 0.2) is 60.0 Å². The molecule has 5 nitrogen and oxygen atoms in total. The van der Waals surface area contributed by atoms with Gasteiger partial charge in [-0.05, 0) is 37.3 Å². The van der Waals surface area contributed by atoms with Crippen LogP contribution in [0.2, 0.25) is 5.02 Å². The Bertz CT molecular complexity index is 852. The second-order valence-corrected chi connectivity index (χ2v) is 7.32. The predicted octanol–water partition coefficient (Wildman–Crippen LogP) is 4.13. The number of benzene rings is 2. The van der Waals surface area contributed by atoms with Crippen LogP contribution in [0.3, 0.4) is 0 Å². The SMILES string of the molecule is C=CCN(c1cccc(OCC)c1)S(=O)(=O)c1ccc(OC)c(Cl)c1. The number of rotatable bonds is 8.